The highest BCUT2D eigenvalue weighted by atomic mass is 15.1. The first kappa shape index (κ1) is 12.9. The molecule has 1 heterocycles. The molecule has 0 amide bonds. The first-order chi connectivity index (χ1) is 9.73. The highest BCUT2D eigenvalue weighted by Crippen LogP contribution is 2.43. The van der Waals surface area contributed by atoms with Crippen molar-refractivity contribution in [1.29, 1.82) is 5.26 Å². The van der Waals surface area contributed by atoms with Gasteiger partial charge in [-0.2, -0.15) is 10.4 Å². The van der Waals surface area contributed by atoms with Crippen LogP contribution in [0.2, 0.25) is 0 Å². The summed E-state index contributed by atoms with van der Waals surface area (Å²) in [5, 5.41) is 19.9. The van der Waals surface area contributed by atoms with E-state index in [-0.39, 0.29) is 11.5 Å². The average Bonchev–Trinajstić information content (AvgIpc) is 2.97. The van der Waals surface area contributed by atoms with Crippen molar-refractivity contribution in [3.05, 3.63) is 53.9 Å². The molecule has 3 rings (SSSR count). The van der Waals surface area contributed by atoms with E-state index < -0.39 is 0 Å². The molecule has 102 valence electrons. The molecule has 1 aromatic carbocycles. The number of aromatic amines is 1. The summed E-state index contributed by atoms with van der Waals surface area (Å²) in [6, 6.07) is 13.3. The third kappa shape index (κ3) is 2.21. The number of hydrogen-bond acceptors (Lipinski definition) is 3. The van der Waals surface area contributed by atoms with Crippen LogP contribution < -0.4 is 5.32 Å². The largest absolute Gasteiger partial charge is 0.307 e. The van der Waals surface area contributed by atoms with Gasteiger partial charge < -0.3 is 5.32 Å². The average molecular weight is 266 g/mol. The van der Waals surface area contributed by atoms with Crippen LogP contribution in [0.25, 0.3) is 0 Å². The predicted molar refractivity (Wildman–Crippen MR) is 76.9 cm³/mol. The minimum absolute atomic E-state index is 0.256. The van der Waals surface area contributed by atoms with Crippen LogP contribution in [0.15, 0.2) is 42.7 Å². The summed E-state index contributed by atoms with van der Waals surface area (Å²) in [6.45, 7) is 2.12. The Bertz CT molecular complexity index is 591. The second-order valence-corrected chi connectivity index (χ2v) is 5.59. The Labute approximate surface area is 118 Å². The normalized spacial score (nSPS) is 26.5. The minimum Gasteiger partial charge on any atom is -0.307 e. The maximum Gasteiger partial charge on any atom is 0.0852 e. The molecule has 1 saturated carbocycles. The molecule has 0 bridgehead atoms. The Balaban J connectivity index is 1.64. The summed E-state index contributed by atoms with van der Waals surface area (Å²) in [5.74, 6) is 0. The molecule has 0 radical (unpaired) electrons. The molecule has 4 nitrogen and oxygen atoms in total. The van der Waals surface area contributed by atoms with E-state index in [0.29, 0.717) is 6.04 Å². The van der Waals surface area contributed by atoms with Gasteiger partial charge in [0.15, 0.2) is 0 Å². The fourth-order valence-electron chi connectivity index (χ4n) is 3.00. The van der Waals surface area contributed by atoms with Gasteiger partial charge in [-0.3, -0.25) is 5.10 Å². The lowest BCUT2D eigenvalue weighted by Crippen LogP contribution is -2.51. The summed E-state index contributed by atoms with van der Waals surface area (Å²) < 4.78 is 0. The van der Waals surface area contributed by atoms with Crippen LogP contribution in [0, 0.1) is 11.3 Å². The number of nitrogens with one attached hydrogen (secondary N) is 2. The molecule has 1 unspecified atom stereocenters. The molecular formula is C16H18N4. The van der Waals surface area contributed by atoms with Crippen LogP contribution in [0.3, 0.4) is 0 Å². The lowest BCUT2D eigenvalue weighted by atomic mass is 9.62. The molecule has 1 atom stereocenters. The van der Waals surface area contributed by atoms with Crippen LogP contribution >= 0.6 is 0 Å². The lowest BCUT2D eigenvalue weighted by molar-refractivity contribution is 0.213. The Kier molecular flexibility index (Phi) is 3.29. The number of aromatic nitrogens is 2. The summed E-state index contributed by atoms with van der Waals surface area (Å²) >= 11 is 0. The second-order valence-electron chi connectivity index (χ2n) is 5.59. The van der Waals surface area contributed by atoms with Gasteiger partial charge in [-0.15, -0.1) is 0 Å². The van der Waals surface area contributed by atoms with Crippen LogP contribution in [-0.2, 0) is 5.41 Å². The van der Waals surface area contributed by atoms with Crippen LogP contribution in [0.1, 0.15) is 36.9 Å². The molecule has 1 aromatic heterocycles. The zero-order valence-electron chi connectivity index (χ0n) is 11.5. The van der Waals surface area contributed by atoms with E-state index in [4.69, 9.17) is 0 Å². The van der Waals surface area contributed by atoms with Crippen LogP contribution in [0.5, 0.6) is 0 Å². The molecule has 4 heteroatoms. The highest BCUT2D eigenvalue weighted by molar-refractivity contribution is 5.37. The van der Waals surface area contributed by atoms with Gasteiger partial charge in [-0.1, -0.05) is 30.3 Å². The van der Waals surface area contributed by atoms with Gasteiger partial charge >= 0.3 is 0 Å². The van der Waals surface area contributed by atoms with Gasteiger partial charge in [0, 0.05) is 23.8 Å². The molecule has 1 aliphatic carbocycles. The Morgan fingerprint density at radius 3 is 2.75 bits per heavy atom. The van der Waals surface area contributed by atoms with Gasteiger partial charge in [0.1, 0.15) is 0 Å². The molecular weight excluding hydrogens is 248 g/mol. The fraction of sp³-hybridized carbons (Fsp3) is 0.375. The van der Waals surface area contributed by atoms with Crippen LogP contribution in [-0.4, -0.2) is 16.2 Å². The zero-order valence-corrected chi connectivity index (χ0v) is 11.5. The van der Waals surface area contributed by atoms with Crippen molar-refractivity contribution in [3.8, 4) is 6.07 Å². The van der Waals surface area contributed by atoms with Crippen molar-refractivity contribution in [2.24, 2.45) is 0 Å². The summed E-state index contributed by atoms with van der Waals surface area (Å²) in [6.07, 6.45) is 5.49. The molecule has 0 saturated heterocycles. The highest BCUT2D eigenvalue weighted by Gasteiger charge is 2.46. The maximum absolute atomic E-state index is 9.53. The summed E-state index contributed by atoms with van der Waals surface area (Å²) in [5.41, 5.74) is 1.98. The van der Waals surface area contributed by atoms with Crippen molar-refractivity contribution in [1.82, 2.24) is 15.5 Å². The first-order valence-electron chi connectivity index (χ1n) is 6.95. The van der Waals surface area contributed by atoms with Crippen molar-refractivity contribution in [2.45, 2.75) is 37.3 Å². The molecule has 20 heavy (non-hydrogen) atoms. The lowest BCUT2D eigenvalue weighted by Gasteiger charge is -2.44. The Morgan fingerprint density at radius 2 is 2.15 bits per heavy atom. The second kappa shape index (κ2) is 5.10. The monoisotopic (exact) mass is 266 g/mol. The van der Waals surface area contributed by atoms with E-state index in [0.717, 1.165) is 24.0 Å². The smallest absolute Gasteiger partial charge is 0.0852 e. The van der Waals surface area contributed by atoms with Gasteiger partial charge in [-0.05, 0) is 25.3 Å². The molecule has 1 aliphatic rings. The molecule has 2 N–H and O–H groups in total. The van der Waals surface area contributed by atoms with Crippen molar-refractivity contribution in [2.75, 3.05) is 0 Å². The number of H-pyrrole nitrogens is 1. The zero-order chi connectivity index (χ0) is 14.0. The fourth-order valence-corrected chi connectivity index (χ4v) is 3.00. The van der Waals surface area contributed by atoms with Gasteiger partial charge in [0.05, 0.1) is 17.7 Å². The third-order valence-corrected chi connectivity index (χ3v) is 4.24. The third-order valence-electron chi connectivity index (χ3n) is 4.24. The number of benzene rings is 1. The molecule has 2 aromatic rings. The first-order valence-corrected chi connectivity index (χ1v) is 6.95. The topological polar surface area (TPSA) is 64.5 Å². The Hall–Kier alpha value is -2.12. The van der Waals surface area contributed by atoms with Crippen molar-refractivity contribution >= 4 is 0 Å². The van der Waals surface area contributed by atoms with E-state index >= 15 is 0 Å². The summed E-state index contributed by atoms with van der Waals surface area (Å²) in [4.78, 5) is 0. The molecule has 1 fully saturated rings. The van der Waals surface area contributed by atoms with Crippen LogP contribution in [0.4, 0.5) is 0 Å². The predicted octanol–water partition coefficient (Wildman–Crippen LogP) is 2.68. The van der Waals surface area contributed by atoms with Gasteiger partial charge in [0.2, 0.25) is 0 Å². The number of rotatable bonds is 4. The Morgan fingerprint density at radius 1 is 1.40 bits per heavy atom. The number of nitriles is 1. The number of nitrogens with zero attached hydrogens (tertiary/aromatic N) is 2. The van der Waals surface area contributed by atoms with E-state index in [1.807, 2.05) is 30.6 Å². The van der Waals surface area contributed by atoms with Crippen molar-refractivity contribution < 1.29 is 0 Å². The quantitative estimate of drug-likeness (QED) is 0.894. The molecule has 0 spiro atoms. The van der Waals surface area contributed by atoms with Gasteiger partial charge in [-0.25, -0.2) is 0 Å². The van der Waals surface area contributed by atoms with E-state index in [1.165, 1.54) is 0 Å². The SMILES string of the molecule is CC(NC1CC(C#N)(c2ccccc2)C1)c1cn[nH]c1. The summed E-state index contributed by atoms with van der Waals surface area (Å²) in [7, 11) is 0. The minimum atomic E-state index is -0.310. The van der Waals surface area contributed by atoms with Crippen molar-refractivity contribution in [3.63, 3.8) is 0 Å². The number of hydrogen-bond donors (Lipinski definition) is 2. The van der Waals surface area contributed by atoms with E-state index in [2.05, 4.69) is 40.6 Å². The standard InChI is InChI=1S/C16H18N4/c1-12(13-9-18-19-10-13)20-15-7-16(8-15,11-17)14-5-3-2-4-6-14/h2-6,9-10,12,15,20H,7-8H2,1H3,(H,18,19). The van der Waals surface area contributed by atoms with Gasteiger partial charge in [0.25, 0.3) is 0 Å². The van der Waals surface area contributed by atoms with E-state index in [1.54, 1.807) is 0 Å². The van der Waals surface area contributed by atoms with E-state index in [9.17, 15) is 5.26 Å². The molecule has 0 aliphatic heterocycles. The maximum atomic E-state index is 9.53.